The van der Waals surface area contributed by atoms with E-state index < -0.39 is 0 Å². The molecule has 1 saturated heterocycles. The summed E-state index contributed by atoms with van der Waals surface area (Å²) in [5.41, 5.74) is 3.57. The van der Waals surface area contributed by atoms with Gasteiger partial charge in [-0.3, -0.25) is 0 Å². The van der Waals surface area contributed by atoms with Crippen LogP contribution in [0.5, 0.6) is 5.75 Å². The van der Waals surface area contributed by atoms with Crippen LogP contribution in [0.1, 0.15) is 11.7 Å². The first-order valence-electron chi connectivity index (χ1n) is 6.93. The highest BCUT2D eigenvalue weighted by Crippen LogP contribution is 2.27. The summed E-state index contributed by atoms with van der Waals surface area (Å²) < 4.78 is 11.1. The van der Waals surface area contributed by atoms with Gasteiger partial charge in [-0.1, -0.05) is 30.3 Å². The number of morpholine rings is 1. The molecule has 3 nitrogen and oxygen atoms in total. The average Bonchev–Trinajstić information content (AvgIpc) is 2.56. The molecule has 1 atom stereocenters. The Morgan fingerprint density at radius 3 is 2.65 bits per heavy atom. The molecule has 0 amide bonds. The highest BCUT2D eigenvalue weighted by Gasteiger charge is 2.15. The third-order valence-corrected chi connectivity index (χ3v) is 3.59. The van der Waals surface area contributed by atoms with E-state index in [4.69, 9.17) is 9.47 Å². The first-order valence-corrected chi connectivity index (χ1v) is 6.93. The van der Waals surface area contributed by atoms with Gasteiger partial charge in [-0.2, -0.15) is 0 Å². The van der Waals surface area contributed by atoms with Crippen molar-refractivity contribution in [2.24, 2.45) is 0 Å². The normalized spacial score (nSPS) is 18.8. The molecule has 0 aromatic heterocycles. The first-order chi connectivity index (χ1) is 9.86. The summed E-state index contributed by atoms with van der Waals surface area (Å²) in [5.74, 6) is 0.878. The zero-order chi connectivity index (χ0) is 13.8. The van der Waals surface area contributed by atoms with Crippen molar-refractivity contribution in [3.63, 3.8) is 0 Å². The van der Waals surface area contributed by atoms with Crippen LogP contribution >= 0.6 is 0 Å². The Labute approximate surface area is 119 Å². The zero-order valence-corrected chi connectivity index (χ0v) is 11.6. The van der Waals surface area contributed by atoms with Gasteiger partial charge < -0.3 is 14.8 Å². The minimum atomic E-state index is 0.148. The van der Waals surface area contributed by atoms with E-state index in [1.807, 2.05) is 12.1 Å². The van der Waals surface area contributed by atoms with E-state index in [1.165, 1.54) is 11.1 Å². The molecule has 1 N–H and O–H groups in total. The summed E-state index contributed by atoms with van der Waals surface area (Å²) in [6.45, 7) is 2.59. The molecule has 0 radical (unpaired) electrons. The van der Waals surface area contributed by atoms with Crippen LogP contribution in [0.15, 0.2) is 48.5 Å². The van der Waals surface area contributed by atoms with Crippen molar-refractivity contribution in [2.45, 2.75) is 6.10 Å². The third-order valence-electron chi connectivity index (χ3n) is 3.59. The van der Waals surface area contributed by atoms with Crippen molar-refractivity contribution in [3.05, 3.63) is 54.1 Å². The lowest BCUT2D eigenvalue weighted by Gasteiger charge is -2.24. The molecule has 2 aromatic rings. The molecule has 1 unspecified atom stereocenters. The fraction of sp³-hybridized carbons (Fsp3) is 0.294. The summed E-state index contributed by atoms with van der Waals surface area (Å²) in [5, 5.41) is 3.37. The van der Waals surface area contributed by atoms with Gasteiger partial charge in [0.25, 0.3) is 0 Å². The van der Waals surface area contributed by atoms with Gasteiger partial charge in [-0.25, -0.2) is 0 Å². The van der Waals surface area contributed by atoms with E-state index in [1.54, 1.807) is 7.11 Å². The van der Waals surface area contributed by atoms with Gasteiger partial charge in [0, 0.05) is 13.1 Å². The van der Waals surface area contributed by atoms with Gasteiger partial charge in [-0.15, -0.1) is 0 Å². The second-order valence-electron chi connectivity index (χ2n) is 4.92. The number of hydrogen-bond donors (Lipinski definition) is 1. The number of nitrogens with one attached hydrogen (secondary N) is 1. The highest BCUT2D eigenvalue weighted by molar-refractivity contribution is 5.65. The summed E-state index contributed by atoms with van der Waals surface area (Å²) in [6, 6.07) is 16.7. The smallest absolute Gasteiger partial charge is 0.119 e. The van der Waals surface area contributed by atoms with Crippen LogP contribution in [0.4, 0.5) is 0 Å². The molecule has 0 saturated carbocycles. The van der Waals surface area contributed by atoms with E-state index in [9.17, 15) is 0 Å². The van der Waals surface area contributed by atoms with Crippen LogP contribution < -0.4 is 10.1 Å². The summed E-state index contributed by atoms with van der Waals surface area (Å²) in [6.07, 6.45) is 0.148. The molecule has 1 aliphatic rings. The van der Waals surface area contributed by atoms with E-state index in [2.05, 4.69) is 41.7 Å². The third kappa shape index (κ3) is 2.84. The van der Waals surface area contributed by atoms with Crippen LogP contribution in [0.2, 0.25) is 0 Å². The maximum Gasteiger partial charge on any atom is 0.119 e. The lowest BCUT2D eigenvalue weighted by Crippen LogP contribution is -2.33. The van der Waals surface area contributed by atoms with Gasteiger partial charge in [0.15, 0.2) is 0 Å². The van der Waals surface area contributed by atoms with Crippen LogP contribution in [0.25, 0.3) is 11.1 Å². The predicted octanol–water partition coefficient (Wildman–Crippen LogP) is 3.02. The summed E-state index contributed by atoms with van der Waals surface area (Å²) in [4.78, 5) is 0. The van der Waals surface area contributed by atoms with Gasteiger partial charge in [0.2, 0.25) is 0 Å². The SMILES string of the molecule is COc1cccc(-c2cccc(C3CNCCO3)c2)c1. The molecule has 1 heterocycles. The van der Waals surface area contributed by atoms with Gasteiger partial charge in [0.1, 0.15) is 5.75 Å². The fourth-order valence-electron chi connectivity index (χ4n) is 2.50. The van der Waals surface area contributed by atoms with Gasteiger partial charge >= 0.3 is 0 Å². The van der Waals surface area contributed by atoms with Crippen LogP contribution in [0, 0.1) is 0 Å². The van der Waals surface area contributed by atoms with E-state index in [0.29, 0.717) is 0 Å². The lowest BCUT2D eigenvalue weighted by molar-refractivity contribution is 0.0277. The van der Waals surface area contributed by atoms with E-state index >= 15 is 0 Å². The van der Waals surface area contributed by atoms with Crippen molar-refractivity contribution >= 4 is 0 Å². The largest absolute Gasteiger partial charge is 0.497 e. The Kier molecular flexibility index (Phi) is 4.00. The minimum Gasteiger partial charge on any atom is -0.497 e. The highest BCUT2D eigenvalue weighted by atomic mass is 16.5. The van der Waals surface area contributed by atoms with Crippen molar-refractivity contribution < 1.29 is 9.47 Å². The maximum atomic E-state index is 5.81. The molecule has 104 valence electrons. The monoisotopic (exact) mass is 269 g/mol. The Morgan fingerprint density at radius 2 is 1.90 bits per heavy atom. The molecular weight excluding hydrogens is 250 g/mol. The molecular formula is C17H19NO2. The molecule has 1 fully saturated rings. The van der Waals surface area contributed by atoms with Crippen molar-refractivity contribution in [1.29, 1.82) is 0 Å². The molecule has 0 bridgehead atoms. The summed E-state index contributed by atoms with van der Waals surface area (Å²) >= 11 is 0. The maximum absolute atomic E-state index is 5.81. The molecule has 2 aromatic carbocycles. The summed E-state index contributed by atoms with van der Waals surface area (Å²) in [7, 11) is 1.69. The minimum absolute atomic E-state index is 0.148. The van der Waals surface area contributed by atoms with Crippen LogP contribution in [-0.2, 0) is 4.74 Å². The zero-order valence-electron chi connectivity index (χ0n) is 11.6. The van der Waals surface area contributed by atoms with E-state index in [0.717, 1.165) is 31.0 Å². The predicted molar refractivity (Wildman–Crippen MR) is 80.0 cm³/mol. The Hall–Kier alpha value is -1.84. The number of methoxy groups -OCH3 is 1. The average molecular weight is 269 g/mol. The quantitative estimate of drug-likeness (QED) is 0.929. The Morgan fingerprint density at radius 1 is 1.10 bits per heavy atom. The first kappa shape index (κ1) is 13.2. The number of hydrogen-bond acceptors (Lipinski definition) is 3. The lowest BCUT2D eigenvalue weighted by atomic mass is 10.00. The molecule has 1 aliphatic heterocycles. The van der Waals surface area contributed by atoms with Crippen molar-refractivity contribution in [3.8, 4) is 16.9 Å². The molecule has 20 heavy (non-hydrogen) atoms. The molecule has 3 rings (SSSR count). The second kappa shape index (κ2) is 6.07. The second-order valence-corrected chi connectivity index (χ2v) is 4.92. The van der Waals surface area contributed by atoms with Crippen LogP contribution in [-0.4, -0.2) is 26.8 Å². The van der Waals surface area contributed by atoms with Crippen molar-refractivity contribution in [2.75, 3.05) is 26.8 Å². The molecule has 0 spiro atoms. The van der Waals surface area contributed by atoms with Crippen LogP contribution in [0.3, 0.4) is 0 Å². The number of rotatable bonds is 3. The van der Waals surface area contributed by atoms with Crippen molar-refractivity contribution in [1.82, 2.24) is 5.32 Å². The standard InChI is InChI=1S/C17H19NO2/c1-19-16-7-3-5-14(11-16)13-4-2-6-15(10-13)17-12-18-8-9-20-17/h2-7,10-11,17-18H,8-9,12H2,1H3. The van der Waals surface area contributed by atoms with Gasteiger partial charge in [-0.05, 0) is 34.9 Å². The number of ether oxygens (including phenoxy) is 2. The fourth-order valence-corrected chi connectivity index (χ4v) is 2.50. The Bertz CT molecular complexity index is 577. The number of benzene rings is 2. The molecule has 3 heteroatoms. The Balaban J connectivity index is 1.89. The van der Waals surface area contributed by atoms with Gasteiger partial charge in [0.05, 0.1) is 19.8 Å². The topological polar surface area (TPSA) is 30.5 Å². The molecule has 0 aliphatic carbocycles. The van der Waals surface area contributed by atoms with E-state index in [-0.39, 0.29) is 6.10 Å².